The van der Waals surface area contributed by atoms with E-state index < -0.39 is 16.7 Å². The Hall–Kier alpha value is -2.47. The number of benzene rings is 1. The van der Waals surface area contributed by atoms with E-state index in [9.17, 15) is 19.7 Å². The quantitative estimate of drug-likeness (QED) is 0.488. The number of halogens is 1. The van der Waals surface area contributed by atoms with E-state index in [1.165, 1.54) is 30.4 Å². The fourth-order valence-corrected chi connectivity index (χ4v) is 2.06. The van der Waals surface area contributed by atoms with Crippen molar-refractivity contribution in [1.29, 1.82) is 0 Å². The van der Waals surface area contributed by atoms with E-state index >= 15 is 0 Å². The maximum absolute atomic E-state index is 11.9. The fraction of sp³-hybridized carbons (Fsp3) is 0.143. The summed E-state index contributed by atoms with van der Waals surface area (Å²) < 4.78 is 0. The summed E-state index contributed by atoms with van der Waals surface area (Å²) in [7, 11) is 0. The van der Waals surface area contributed by atoms with Gasteiger partial charge in [-0.25, -0.2) is 0 Å². The van der Waals surface area contributed by atoms with Crippen molar-refractivity contribution < 1.29 is 14.5 Å². The first kappa shape index (κ1) is 14.9. The van der Waals surface area contributed by atoms with Crippen LogP contribution in [0.1, 0.15) is 12.0 Å². The molecule has 1 aromatic rings. The third-order valence-electron chi connectivity index (χ3n) is 2.89. The molecule has 0 bridgehead atoms. The van der Waals surface area contributed by atoms with Crippen molar-refractivity contribution in [2.75, 3.05) is 6.54 Å². The van der Waals surface area contributed by atoms with Crippen LogP contribution in [0.3, 0.4) is 0 Å². The van der Waals surface area contributed by atoms with Gasteiger partial charge in [0, 0.05) is 24.8 Å². The summed E-state index contributed by atoms with van der Waals surface area (Å²) in [5.41, 5.74) is 0.438. The Morgan fingerprint density at radius 3 is 2.90 bits per heavy atom. The fourth-order valence-electron chi connectivity index (χ4n) is 1.85. The van der Waals surface area contributed by atoms with Crippen LogP contribution < -0.4 is 0 Å². The lowest BCUT2D eigenvalue weighted by atomic mass is 10.2. The van der Waals surface area contributed by atoms with Crippen molar-refractivity contribution in [3.8, 4) is 0 Å². The molecule has 0 radical (unpaired) electrons. The largest absolute Gasteiger partial charge is 0.274 e. The number of non-ortho nitro benzene ring substituents is 1. The normalized spacial score (nSPS) is 15.2. The summed E-state index contributed by atoms with van der Waals surface area (Å²) in [5, 5.41) is 10.7. The number of nitro groups is 1. The Morgan fingerprint density at radius 2 is 2.19 bits per heavy atom. The van der Waals surface area contributed by atoms with Crippen LogP contribution >= 0.6 is 11.6 Å². The van der Waals surface area contributed by atoms with Crippen molar-refractivity contribution in [1.82, 2.24) is 4.90 Å². The first-order valence-electron chi connectivity index (χ1n) is 6.13. The lowest BCUT2D eigenvalue weighted by Gasteiger charge is -2.21. The molecule has 1 aliphatic rings. The van der Waals surface area contributed by atoms with E-state index in [4.69, 9.17) is 11.6 Å². The number of rotatable bonds is 3. The van der Waals surface area contributed by atoms with Gasteiger partial charge >= 0.3 is 0 Å². The summed E-state index contributed by atoms with van der Waals surface area (Å²) in [4.78, 5) is 34.8. The minimum Gasteiger partial charge on any atom is -0.274 e. The van der Waals surface area contributed by atoms with Crippen molar-refractivity contribution in [3.05, 3.63) is 57.1 Å². The van der Waals surface area contributed by atoms with E-state index in [1.54, 1.807) is 12.1 Å². The highest BCUT2D eigenvalue weighted by atomic mass is 35.5. The molecule has 0 saturated carbocycles. The van der Waals surface area contributed by atoms with E-state index in [-0.39, 0.29) is 17.3 Å². The number of hydrogen-bond acceptors (Lipinski definition) is 4. The van der Waals surface area contributed by atoms with Gasteiger partial charge in [-0.3, -0.25) is 24.6 Å². The number of nitro benzene ring substituents is 1. The van der Waals surface area contributed by atoms with Crippen LogP contribution in [0.5, 0.6) is 0 Å². The number of carbonyl (C=O) groups is 2. The highest BCUT2D eigenvalue weighted by molar-refractivity contribution is 6.43. The van der Waals surface area contributed by atoms with Crippen LogP contribution in [-0.4, -0.2) is 28.2 Å². The molecule has 1 heterocycles. The second-order valence-corrected chi connectivity index (χ2v) is 4.73. The molecule has 0 aromatic heterocycles. The zero-order chi connectivity index (χ0) is 15.4. The summed E-state index contributed by atoms with van der Waals surface area (Å²) in [6.45, 7) is 0.271. The third kappa shape index (κ3) is 3.55. The molecular formula is C14H11ClN2O4. The molecule has 0 atom stereocenters. The number of hydrogen-bond donors (Lipinski definition) is 0. The van der Waals surface area contributed by atoms with Crippen LogP contribution in [0.25, 0.3) is 6.08 Å². The standard InChI is InChI=1S/C14H11ClN2O4/c15-12-5-2-8-16(14(12)19)13(18)7-6-10-3-1-4-11(9-10)17(20)21/h1,3-7,9H,2,8H2. The van der Waals surface area contributed by atoms with Gasteiger partial charge < -0.3 is 0 Å². The van der Waals surface area contributed by atoms with Gasteiger partial charge in [-0.2, -0.15) is 0 Å². The number of amides is 2. The molecule has 7 heteroatoms. The number of carbonyl (C=O) groups excluding carboxylic acids is 2. The topological polar surface area (TPSA) is 80.5 Å². The van der Waals surface area contributed by atoms with Gasteiger partial charge in [-0.15, -0.1) is 0 Å². The molecule has 0 spiro atoms. The molecule has 108 valence electrons. The van der Waals surface area contributed by atoms with Gasteiger partial charge in [0.15, 0.2) is 0 Å². The van der Waals surface area contributed by atoms with Gasteiger partial charge in [0.25, 0.3) is 17.5 Å². The van der Waals surface area contributed by atoms with Gasteiger partial charge in [-0.1, -0.05) is 29.8 Å². The van der Waals surface area contributed by atoms with Crippen LogP contribution in [0.4, 0.5) is 5.69 Å². The van der Waals surface area contributed by atoms with Crippen molar-refractivity contribution >= 4 is 35.2 Å². The van der Waals surface area contributed by atoms with E-state index in [0.717, 1.165) is 4.90 Å². The third-order valence-corrected chi connectivity index (χ3v) is 3.21. The molecular weight excluding hydrogens is 296 g/mol. The van der Waals surface area contributed by atoms with E-state index in [2.05, 4.69) is 0 Å². The molecule has 0 N–H and O–H groups in total. The summed E-state index contributed by atoms with van der Waals surface area (Å²) in [5.74, 6) is -1.03. The summed E-state index contributed by atoms with van der Waals surface area (Å²) in [6.07, 6.45) is 4.71. The molecule has 21 heavy (non-hydrogen) atoms. The SMILES string of the molecule is O=C(C=Cc1cccc([N+](=O)[O-])c1)N1CCC=C(Cl)C1=O. The van der Waals surface area contributed by atoms with Crippen molar-refractivity contribution in [2.45, 2.75) is 6.42 Å². The average molecular weight is 307 g/mol. The first-order chi connectivity index (χ1) is 9.99. The summed E-state index contributed by atoms with van der Waals surface area (Å²) >= 11 is 5.70. The molecule has 0 aliphatic carbocycles. The first-order valence-corrected chi connectivity index (χ1v) is 6.51. The Balaban J connectivity index is 2.12. The van der Waals surface area contributed by atoms with Crippen molar-refractivity contribution in [2.24, 2.45) is 0 Å². The molecule has 0 fully saturated rings. The molecule has 2 amide bonds. The van der Waals surface area contributed by atoms with Gasteiger partial charge in [0.2, 0.25) is 0 Å². The average Bonchev–Trinajstić information content (AvgIpc) is 2.48. The molecule has 1 aromatic carbocycles. The highest BCUT2D eigenvalue weighted by Gasteiger charge is 2.24. The Bertz CT molecular complexity index is 667. The lowest BCUT2D eigenvalue weighted by Crippen LogP contribution is -2.38. The maximum atomic E-state index is 11.9. The lowest BCUT2D eigenvalue weighted by molar-refractivity contribution is -0.384. The number of nitrogens with zero attached hydrogens (tertiary/aromatic N) is 2. The zero-order valence-corrected chi connectivity index (χ0v) is 11.6. The van der Waals surface area contributed by atoms with Crippen LogP contribution in [0, 0.1) is 10.1 Å². The van der Waals surface area contributed by atoms with Crippen LogP contribution in [-0.2, 0) is 9.59 Å². The number of imide groups is 1. The minimum absolute atomic E-state index is 0.0262. The monoisotopic (exact) mass is 306 g/mol. The maximum Gasteiger partial charge on any atom is 0.271 e. The Labute approximate surface area is 125 Å². The second-order valence-electron chi connectivity index (χ2n) is 4.32. The molecule has 0 unspecified atom stereocenters. The summed E-state index contributed by atoms with van der Waals surface area (Å²) in [6, 6.07) is 5.85. The second kappa shape index (κ2) is 6.32. The van der Waals surface area contributed by atoms with Gasteiger partial charge in [0.1, 0.15) is 5.03 Å². The van der Waals surface area contributed by atoms with Gasteiger partial charge in [0.05, 0.1) is 4.92 Å². The molecule has 1 aliphatic heterocycles. The zero-order valence-electron chi connectivity index (χ0n) is 10.9. The smallest absolute Gasteiger partial charge is 0.271 e. The predicted octanol–water partition coefficient (Wildman–Crippen LogP) is 2.49. The van der Waals surface area contributed by atoms with Crippen LogP contribution in [0.15, 0.2) is 41.4 Å². The molecule has 6 nitrogen and oxygen atoms in total. The minimum atomic E-state index is -0.531. The van der Waals surface area contributed by atoms with E-state index in [1.807, 2.05) is 0 Å². The predicted molar refractivity (Wildman–Crippen MR) is 77.4 cm³/mol. The van der Waals surface area contributed by atoms with Crippen molar-refractivity contribution in [3.63, 3.8) is 0 Å². The highest BCUT2D eigenvalue weighted by Crippen LogP contribution is 2.17. The van der Waals surface area contributed by atoms with Crippen LogP contribution in [0.2, 0.25) is 0 Å². The molecule has 2 rings (SSSR count). The Kier molecular flexibility index (Phi) is 4.49. The van der Waals surface area contributed by atoms with Gasteiger partial charge in [-0.05, 0) is 18.1 Å². The molecule has 0 saturated heterocycles. The van der Waals surface area contributed by atoms with E-state index in [0.29, 0.717) is 12.0 Å². The Morgan fingerprint density at radius 1 is 1.43 bits per heavy atom.